The summed E-state index contributed by atoms with van der Waals surface area (Å²) in [5.41, 5.74) is 1.87. The molecule has 3 aromatic heterocycles. The molecule has 0 aromatic carbocycles. The molecule has 0 aliphatic carbocycles. The second kappa shape index (κ2) is 10.3. The Morgan fingerprint density at radius 1 is 0.900 bits per heavy atom. The number of hydrogen-bond donors (Lipinski definition) is 0. The highest BCUT2D eigenvalue weighted by Gasteiger charge is 2.17. The molecule has 30 heavy (non-hydrogen) atoms. The van der Waals surface area contributed by atoms with Gasteiger partial charge in [0.25, 0.3) is 0 Å². The number of thiophene rings is 1. The molecule has 6 nitrogen and oxygen atoms in total. The summed E-state index contributed by atoms with van der Waals surface area (Å²) in [7, 11) is 2.70. The molecule has 8 heteroatoms. The molecular formula is C22H23ClN2O4S. The summed E-state index contributed by atoms with van der Waals surface area (Å²) in [6, 6.07) is 10.6. The number of aromatic nitrogens is 2. The molecule has 0 amide bonds. The van der Waals surface area contributed by atoms with Crippen molar-refractivity contribution in [2.75, 3.05) is 14.2 Å². The van der Waals surface area contributed by atoms with Crippen LogP contribution in [0.5, 0.6) is 0 Å². The highest BCUT2D eigenvalue weighted by Crippen LogP contribution is 2.34. The van der Waals surface area contributed by atoms with Gasteiger partial charge in [0, 0.05) is 17.3 Å². The maximum Gasteiger partial charge on any atom is 0.338 e. The third-order valence-corrected chi connectivity index (χ3v) is 5.67. The first kappa shape index (κ1) is 23.5. The Kier molecular flexibility index (Phi) is 8.08. The molecule has 0 aliphatic rings. The number of hydrogen-bond acceptors (Lipinski definition) is 7. The van der Waals surface area contributed by atoms with Crippen molar-refractivity contribution in [3.8, 4) is 10.6 Å². The van der Waals surface area contributed by atoms with E-state index in [4.69, 9.17) is 16.3 Å². The molecule has 3 aromatic rings. The van der Waals surface area contributed by atoms with E-state index in [0.29, 0.717) is 11.1 Å². The largest absolute Gasteiger partial charge is 0.465 e. The van der Waals surface area contributed by atoms with Gasteiger partial charge >= 0.3 is 11.9 Å². The Bertz CT molecular complexity index is 1030. The predicted molar refractivity (Wildman–Crippen MR) is 118 cm³/mol. The van der Waals surface area contributed by atoms with Gasteiger partial charge in [0.05, 0.1) is 35.9 Å². The fourth-order valence-electron chi connectivity index (χ4n) is 2.34. The minimum Gasteiger partial charge on any atom is -0.465 e. The topological polar surface area (TPSA) is 78.4 Å². The SMILES string of the molecule is COC(=O)c1ccnc(-c2ccc(C(C)(C)C)s2)c1.COC(=O)c1ccnc(Cl)c1. The van der Waals surface area contributed by atoms with Crippen LogP contribution in [0.2, 0.25) is 5.15 Å². The summed E-state index contributed by atoms with van der Waals surface area (Å²) in [4.78, 5) is 32.8. The van der Waals surface area contributed by atoms with Gasteiger partial charge in [-0.3, -0.25) is 4.98 Å². The monoisotopic (exact) mass is 446 g/mol. The molecule has 0 radical (unpaired) electrons. The predicted octanol–water partition coefficient (Wildman–Crippen LogP) is 5.42. The molecular weight excluding hydrogens is 424 g/mol. The number of carbonyl (C=O) groups is 2. The smallest absolute Gasteiger partial charge is 0.338 e. The van der Waals surface area contributed by atoms with Gasteiger partial charge in [-0.2, -0.15) is 0 Å². The second-order valence-corrected chi connectivity index (χ2v) is 8.67. The van der Waals surface area contributed by atoms with Crippen molar-refractivity contribution in [2.24, 2.45) is 0 Å². The lowest BCUT2D eigenvalue weighted by Crippen LogP contribution is -2.07. The van der Waals surface area contributed by atoms with Gasteiger partial charge < -0.3 is 9.47 Å². The molecule has 0 N–H and O–H groups in total. The maximum atomic E-state index is 11.5. The van der Waals surface area contributed by atoms with Crippen LogP contribution < -0.4 is 0 Å². The van der Waals surface area contributed by atoms with Crippen LogP contribution in [0.4, 0.5) is 0 Å². The first-order valence-electron chi connectivity index (χ1n) is 9.00. The van der Waals surface area contributed by atoms with E-state index in [-0.39, 0.29) is 16.5 Å². The molecule has 0 atom stereocenters. The lowest BCUT2D eigenvalue weighted by molar-refractivity contribution is 0.0592. The zero-order valence-electron chi connectivity index (χ0n) is 17.4. The number of halogens is 1. The van der Waals surface area contributed by atoms with E-state index < -0.39 is 5.97 Å². The molecule has 3 heterocycles. The molecule has 0 saturated carbocycles. The van der Waals surface area contributed by atoms with Crippen LogP contribution in [-0.4, -0.2) is 36.1 Å². The van der Waals surface area contributed by atoms with E-state index >= 15 is 0 Å². The van der Waals surface area contributed by atoms with Crippen LogP contribution in [-0.2, 0) is 14.9 Å². The van der Waals surface area contributed by atoms with Crippen LogP contribution in [0, 0.1) is 0 Å². The van der Waals surface area contributed by atoms with E-state index in [0.717, 1.165) is 10.6 Å². The quantitative estimate of drug-likeness (QED) is 0.395. The number of carbonyl (C=O) groups excluding carboxylic acids is 2. The van der Waals surface area contributed by atoms with E-state index in [1.807, 2.05) is 0 Å². The Morgan fingerprint density at radius 3 is 1.97 bits per heavy atom. The normalized spacial score (nSPS) is 10.6. The van der Waals surface area contributed by atoms with Crippen molar-refractivity contribution in [1.29, 1.82) is 0 Å². The molecule has 3 rings (SSSR count). The van der Waals surface area contributed by atoms with Crippen molar-refractivity contribution in [1.82, 2.24) is 9.97 Å². The van der Waals surface area contributed by atoms with Crippen LogP contribution in [0.1, 0.15) is 46.4 Å². The van der Waals surface area contributed by atoms with Crippen LogP contribution in [0.3, 0.4) is 0 Å². The lowest BCUT2D eigenvalue weighted by Gasteiger charge is -2.15. The number of rotatable bonds is 3. The standard InChI is InChI=1S/C15H17NO2S.C7H6ClNO2/c1-15(2,3)13-6-5-12(19-13)11-9-10(7-8-16-11)14(17)18-4;1-11-7(10)5-2-3-9-6(8)4-5/h5-9H,1-4H3;2-4H,1H3. The Labute approximate surface area is 184 Å². The molecule has 158 valence electrons. The highest BCUT2D eigenvalue weighted by molar-refractivity contribution is 7.15. The van der Waals surface area contributed by atoms with Crippen LogP contribution in [0.15, 0.2) is 48.8 Å². The van der Waals surface area contributed by atoms with E-state index in [1.54, 1.807) is 29.7 Å². The number of nitrogens with zero attached hydrogens (tertiary/aromatic N) is 2. The number of methoxy groups -OCH3 is 2. The average Bonchev–Trinajstić information content (AvgIpc) is 3.24. The number of esters is 2. The Hall–Kier alpha value is -2.77. The fraction of sp³-hybridized carbons (Fsp3) is 0.273. The van der Waals surface area contributed by atoms with Crippen molar-refractivity contribution in [2.45, 2.75) is 26.2 Å². The summed E-state index contributed by atoms with van der Waals surface area (Å²) in [6.45, 7) is 6.54. The molecule has 0 unspecified atom stereocenters. The summed E-state index contributed by atoms with van der Waals surface area (Å²) in [6.07, 6.45) is 3.09. The van der Waals surface area contributed by atoms with E-state index in [9.17, 15) is 9.59 Å². The summed E-state index contributed by atoms with van der Waals surface area (Å²) in [5, 5.41) is 0.285. The fourth-order valence-corrected chi connectivity index (χ4v) is 3.54. The number of ether oxygens (including phenoxy) is 2. The van der Waals surface area contributed by atoms with Crippen molar-refractivity contribution >= 4 is 34.9 Å². The molecule has 0 fully saturated rings. The Morgan fingerprint density at radius 2 is 1.47 bits per heavy atom. The first-order valence-corrected chi connectivity index (χ1v) is 10.2. The van der Waals surface area contributed by atoms with Gasteiger partial charge in [-0.15, -0.1) is 11.3 Å². The zero-order chi connectivity index (χ0) is 22.3. The van der Waals surface area contributed by atoms with Crippen molar-refractivity contribution < 1.29 is 19.1 Å². The van der Waals surface area contributed by atoms with Crippen molar-refractivity contribution in [3.05, 3.63) is 69.9 Å². The Balaban J connectivity index is 0.000000248. The highest BCUT2D eigenvalue weighted by atomic mass is 35.5. The average molecular weight is 447 g/mol. The second-order valence-electron chi connectivity index (χ2n) is 7.19. The third kappa shape index (κ3) is 6.37. The van der Waals surface area contributed by atoms with Crippen molar-refractivity contribution in [3.63, 3.8) is 0 Å². The molecule has 0 saturated heterocycles. The van der Waals surface area contributed by atoms with Crippen LogP contribution in [0.25, 0.3) is 10.6 Å². The van der Waals surface area contributed by atoms with Gasteiger partial charge in [-0.05, 0) is 41.8 Å². The molecule has 0 spiro atoms. The van der Waals surface area contributed by atoms with Gasteiger partial charge in [-0.25, -0.2) is 14.6 Å². The first-order chi connectivity index (χ1) is 14.2. The van der Waals surface area contributed by atoms with Gasteiger partial charge in [0.2, 0.25) is 0 Å². The third-order valence-electron chi connectivity index (χ3n) is 3.93. The summed E-state index contributed by atoms with van der Waals surface area (Å²) in [5.74, 6) is -0.745. The van der Waals surface area contributed by atoms with Gasteiger partial charge in [0.1, 0.15) is 5.15 Å². The zero-order valence-corrected chi connectivity index (χ0v) is 19.0. The van der Waals surface area contributed by atoms with E-state index in [2.05, 4.69) is 47.6 Å². The summed E-state index contributed by atoms with van der Waals surface area (Å²) >= 11 is 7.23. The minimum atomic E-state index is -0.408. The summed E-state index contributed by atoms with van der Waals surface area (Å²) < 4.78 is 9.19. The van der Waals surface area contributed by atoms with Gasteiger partial charge in [-0.1, -0.05) is 32.4 Å². The van der Waals surface area contributed by atoms with Gasteiger partial charge in [0.15, 0.2) is 0 Å². The van der Waals surface area contributed by atoms with Crippen LogP contribution >= 0.6 is 22.9 Å². The lowest BCUT2D eigenvalue weighted by atomic mass is 9.95. The number of pyridine rings is 2. The maximum absolute atomic E-state index is 11.5. The minimum absolute atomic E-state index is 0.128. The molecule has 0 aliphatic heterocycles. The molecule has 0 bridgehead atoms. The van der Waals surface area contributed by atoms with E-state index in [1.165, 1.54) is 37.4 Å².